The summed E-state index contributed by atoms with van der Waals surface area (Å²) in [7, 11) is 0. The summed E-state index contributed by atoms with van der Waals surface area (Å²) in [5.74, 6) is -0.224. The van der Waals surface area contributed by atoms with Gasteiger partial charge in [-0.25, -0.2) is 5.43 Å². The molecule has 2 aromatic rings. The number of carbonyl (C=O) groups is 1. The number of halogens is 1. The Morgan fingerprint density at radius 3 is 2.56 bits per heavy atom. The van der Waals surface area contributed by atoms with Crippen LogP contribution >= 0.6 is 22.9 Å². The van der Waals surface area contributed by atoms with Crippen molar-refractivity contribution in [2.75, 3.05) is 0 Å². The van der Waals surface area contributed by atoms with E-state index in [1.165, 1.54) is 11.3 Å². The second-order valence-electron chi connectivity index (χ2n) is 3.61. The highest BCUT2D eigenvalue weighted by molar-refractivity contribution is 7.18. The Hall–Kier alpha value is -1.65. The minimum atomic E-state index is -0.224. The van der Waals surface area contributed by atoms with Crippen LogP contribution in [0.3, 0.4) is 0 Å². The van der Waals surface area contributed by atoms with Crippen molar-refractivity contribution in [2.24, 2.45) is 5.10 Å². The molecule has 0 aliphatic rings. The highest BCUT2D eigenvalue weighted by Gasteiger charge is 2.05. The van der Waals surface area contributed by atoms with E-state index in [-0.39, 0.29) is 5.91 Å². The van der Waals surface area contributed by atoms with Gasteiger partial charge >= 0.3 is 0 Å². The number of amides is 1. The van der Waals surface area contributed by atoms with Crippen molar-refractivity contribution in [3.05, 3.63) is 57.2 Å². The lowest BCUT2D eigenvalue weighted by atomic mass is 10.2. The quantitative estimate of drug-likeness (QED) is 0.677. The molecule has 1 heterocycles. The molecule has 5 heteroatoms. The number of nitrogens with zero attached hydrogens (tertiary/aromatic N) is 1. The van der Waals surface area contributed by atoms with Gasteiger partial charge in [-0.1, -0.05) is 29.8 Å². The van der Waals surface area contributed by atoms with Crippen LogP contribution in [0.1, 0.15) is 22.2 Å². The molecule has 1 aromatic carbocycles. The fourth-order valence-electron chi connectivity index (χ4n) is 1.35. The van der Waals surface area contributed by atoms with E-state index in [2.05, 4.69) is 10.5 Å². The summed E-state index contributed by atoms with van der Waals surface area (Å²) in [4.78, 5) is 12.7. The third-order valence-corrected chi connectivity index (χ3v) is 3.63. The van der Waals surface area contributed by atoms with E-state index in [9.17, 15) is 4.79 Å². The van der Waals surface area contributed by atoms with Crippen molar-refractivity contribution in [3.63, 3.8) is 0 Å². The van der Waals surface area contributed by atoms with Crippen LogP contribution in [0.15, 0.2) is 47.6 Å². The molecule has 0 fully saturated rings. The Balaban J connectivity index is 2.05. The molecule has 18 heavy (non-hydrogen) atoms. The zero-order valence-corrected chi connectivity index (χ0v) is 11.3. The molecule has 1 N–H and O–H groups in total. The van der Waals surface area contributed by atoms with E-state index in [0.29, 0.717) is 9.90 Å². The Morgan fingerprint density at radius 2 is 1.94 bits per heavy atom. The van der Waals surface area contributed by atoms with Crippen LogP contribution in [0.4, 0.5) is 0 Å². The zero-order chi connectivity index (χ0) is 13.0. The molecule has 2 rings (SSSR count). The summed E-state index contributed by atoms with van der Waals surface area (Å²) in [6.07, 6.45) is 0. The standard InChI is InChI=1S/C13H11ClN2OS/c1-9(11-7-8-12(14)18-11)15-16-13(17)10-5-3-2-4-6-10/h2-8H,1H3,(H,16,17)/b15-9+. The Bertz CT molecular complexity index is 578. The smallest absolute Gasteiger partial charge is 0.267 e. The third-order valence-electron chi connectivity index (χ3n) is 2.29. The van der Waals surface area contributed by atoms with Crippen molar-refractivity contribution in [3.8, 4) is 0 Å². The van der Waals surface area contributed by atoms with Gasteiger partial charge in [0.1, 0.15) is 0 Å². The van der Waals surface area contributed by atoms with E-state index in [1.807, 2.05) is 31.2 Å². The van der Waals surface area contributed by atoms with Gasteiger partial charge in [0.2, 0.25) is 0 Å². The van der Waals surface area contributed by atoms with Crippen molar-refractivity contribution in [1.29, 1.82) is 0 Å². The third kappa shape index (κ3) is 3.18. The summed E-state index contributed by atoms with van der Waals surface area (Å²) >= 11 is 7.27. The molecule has 3 nitrogen and oxygen atoms in total. The van der Waals surface area contributed by atoms with Gasteiger partial charge in [-0.05, 0) is 31.2 Å². The lowest BCUT2D eigenvalue weighted by Crippen LogP contribution is -2.18. The van der Waals surface area contributed by atoms with Crippen LogP contribution < -0.4 is 5.43 Å². The van der Waals surface area contributed by atoms with Gasteiger partial charge < -0.3 is 0 Å². The normalized spacial score (nSPS) is 11.3. The first-order valence-corrected chi connectivity index (χ1v) is 6.51. The van der Waals surface area contributed by atoms with Crippen LogP contribution in [0.25, 0.3) is 0 Å². The van der Waals surface area contributed by atoms with Gasteiger partial charge in [-0.2, -0.15) is 5.10 Å². The van der Waals surface area contributed by atoms with Crippen molar-refractivity contribution in [2.45, 2.75) is 6.92 Å². The molecule has 0 aliphatic heterocycles. The van der Waals surface area contributed by atoms with Gasteiger partial charge in [0.25, 0.3) is 5.91 Å². The number of nitrogens with one attached hydrogen (secondary N) is 1. The maximum absolute atomic E-state index is 11.7. The molecule has 0 saturated heterocycles. The van der Waals surface area contributed by atoms with Crippen LogP contribution in [0.5, 0.6) is 0 Å². The lowest BCUT2D eigenvalue weighted by Gasteiger charge is -2.00. The molecular formula is C13H11ClN2OS. The Morgan fingerprint density at radius 1 is 1.22 bits per heavy atom. The molecule has 0 bridgehead atoms. The predicted molar refractivity (Wildman–Crippen MR) is 75.4 cm³/mol. The van der Waals surface area contributed by atoms with Gasteiger partial charge in [0.15, 0.2) is 0 Å². The van der Waals surface area contributed by atoms with Crippen molar-refractivity contribution < 1.29 is 4.79 Å². The first-order chi connectivity index (χ1) is 8.66. The highest BCUT2D eigenvalue weighted by atomic mass is 35.5. The SMILES string of the molecule is C/C(=N\NC(=O)c1ccccc1)c1ccc(Cl)s1. The fourth-order valence-corrected chi connectivity index (χ4v) is 2.34. The molecule has 0 unspecified atom stereocenters. The minimum absolute atomic E-state index is 0.224. The number of carbonyl (C=O) groups excluding carboxylic acids is 1. The lowest BCUT2D eigenvalue weighted by molar-refractivity contribution is 0.0955. The number of rotatable bonds is 3. The first-order valence-electron chi connectivity index (χ1n) is 5.32. The van der Waals surface area contributed by atoms with Crippen LogP contribution in [-0.2, 0) is 0 Å². The van der Waals surface area contributed by atoms with Gasteiger partial charge in [-0.15, -0.1) is 11.3 Å². The van der Waals surface area contributed by atoms with E-state index < -0.39 is 0 Å². The maximum Gasteiger partial charge on any atom is 0.271 e. The molecule has 0 saturated carbocycles. The van der Waals surface area contributed by atoms with Gasteiger partial charge in [-0.3, -0.25) is 4.79 Å². The summed E-state index contributed by atoms with van der Waals surface area (Å²) in [6, 6.07) is 12.6. The second-order valence-corrected chi connectivity index (χ2v) is 5.32. The molecule has 0 aliphatic carbocycles. The van der Waals surface area contributed by atoms with Crippen LogP contribution in [0.2, 0.25) is 4.34 Å². The molecule has 1 aromatic heterocycles. The average molecular weight is 279 g/mol. The number of hydrogen-bond acceptors (Lipinski definition) is 3. The summed E-state index contributed by atoms with van der Waals surface area (Å²) < 4.78 is 0.703. The van der Waals surface area contributed by atoms with E-state index in [4.69, 9.17) is 11.6 Å². The largest absolute Gasteiger partial charge is 0.271 e. The zero-order valence-electron chi connectivity index (χ0n) is 9.68. The van der Waals surface area contributed by atoms with E-state index in [1.54, 1.807) is 18.2 Å². The molecule has 92 valence electrons. The molecule has 0 atom stereocenters. The molecular weight excluding hydrogens is 268 g/mol. The number of hydrazone groups is 1. The summed E-state index contributed by atoms with van der Waals surface area (Å²) in [6.45, 7) is 1.83. The Kier molecular flexibility index (Phi) is 4.12. The molecule has 0 spiro atoms. The van der Waals surface area contributed by atoms with Gasteiger partial charge in [0.05, 0.1) is 14.9 Å². The monoisotopic (exact) mass is 278 g/mol. The number of hydrogen-bond donors (Lipinski definition) is 1. The van der Waals surface area contributed by atoms with Crippen molar-refractivity contribution >= 4 is 34.6 Å². The molecule has 0 radical (unpaired) electrons. The predicted octanol–water partition coefficient (Wildman–Crippen LogP) is 3.56. The first kappa shape index (κ1) is 12.8. The fraction of sp³-hybridized carbons (Fsp3) is 0.0769. The number of benzene rings is 1. The minimum Gasteiger partial charge on any atom is -0.267 e. The van der Waals surface area contributed by atoms with Crippen LogP contribution in [-0.4, -0.2) is 11.6 Å². The second kappa shape index (κ2) is 5.80. The van der Waals surface area contributed by atoms with E-state index in [0.717, 1.165) is 10.6 Å². The average Bonchev–Trinajstić information content (AvgIpc) is 2.83. The van der Waals surface area contributed by atoms with Crippen LogP contribution in [0, 0.1) is 0 Å². The number of thiophene rings is 1. The van der Waals surface area contributed by atoms with Crippen molar-refractivity contribution in [1.82, 2.24) is 5.43 Å². The van der Waals surface area contributed by atoms with E-state index >= 15 is 0 Å². The van der Waals surface area contributed by atoms with Gasteiger partial charge in [0, 0.05) is 5.56 Å². The highest BCUT2D eigenvalue weighted by Crippen LogP contribution is 2.21. The topological polar surface area (TPSA) is 41.5 Å². The summed E-state index contributed by atoms with van der Waals surface area (Å²) in [5.41, 5.74) is 3.83. The molecule has 1 amide bonds. The summed E-state index contributed by atoms with van der Waals surface area (Å²) in [5, 5.41) is 4.05. The Labute approximate surface area is 114 Å². The maximum atomic E-state index is 11.7.